The van der Waals surface area contributed by atoms with Crippen LogP contribution in [-0.2, 0) is 6.54 Å². The van der Waals surface area contributed by atoms with Gasteiger partial charge in [0.25, 0.3) is 0 Å². The highest BCUT2D eigenvalue weighted by Crippen LogP contribution is 2.22. The van der Waals surface area contributed by atoms with Gasteiger partial charge in [-0.3, -0.25) is 4.90 Å². The van der Waals surface area contributed by atoms with Crippen LogP contribution in [0.25, 0.3) is 0 Å². The third-order valence-electron chi connectivity index (χ3n) is 7.09. The average Bonchev–Trinajstić information content (AvgIpc) is 2.86. The van der Waals surface area contributed by atoms with E-state index in [2.05, 4.69) is 84.0 Å². The van der Waals surface area contributed by atoms with Gasteiger partial charge in [-0.05, 0) is 95.5 Å². The summed E-state index contributed by atoms with van der Waals surface area (Å²) in [5, 5.41) is 0. The number of allylic oxidation sites excluding steroid dienone is 3. The second kappa shape index (κ2) is 20.1. The lowest BCUT2D eigenvalue weighted by Crippen LogP contribution is -2.32. The summed E-state index contributed by atoms with van der Waals surface area (Å²) in [6.45, 7) is 29.2. The van der Waals surface area contributed by atoms with Crippen LogP contribution in [0.4, 0.5) is 4.39 Å². The van der Waals surface area contributed by atoms with E-state index < -0.39 is 0 Å². The van der Waals surface area contributed by atoms with Gasteiger partial charge in [0.15, 0.2) is 0 Å². The molecule has 2 heterocycles. The molecular weight excluding hydrogens is 455 g/mol. The Morgan fingerprint density at radius 1 is 1.08 bits per heavy atom. The highest BCUT2D eigenvalue weighted by Gasteiger charge is 2.17. The van der Waals surface area contributed by atoms with Gasteiger partial charge in [0.05, 0.1) is 0 Å². The molecule has 0 aliphatic carbocycles. The molecule has 37 heavy (non-hydrogen) atoms. The molecule has 212 valence electrons. The first-order valence-electron chi connectivity index (χ1n) is 14.7. The number of hydrogen-bond acceptors (Lipinski definition) is 2. The maximum atomic E-state index is 13.7. The molecule has 1 aromatic rings. The topological polar surface area (TPSA) is 6.48 Å². The van der Waals surface area contributed by atoms with Crippen molar-refractivity contribution in [2.24, 2.45) is 11.8 Å². The number of aryl methyl sites for hydroxylation is 1. The van der Waals surface area contributed by atoms with Crippen LogP contribution in [0.2, 0.25) is 0 Å². The summed E-state index contributed by atoms with van der Waals surface area (Å²) in [5.41, 5.74) is 4.78. The Hall–Kier alpha value is -1.87. The van der Waals surface area contributed by atoms with Crippen LogP contribution in [0.3, 0.4) is 0 Å². The second-order valence-corrected chi connectivity index (χ2v) is 11.1. The quantitative estimate of drug-likeness (QED) is 0.348. The molecule has 3 rings (SSSR count). The largest absolute Gasteiger partial charge is 0.371 e. The summed E-state index contributed by atoms with van der Waals surface area (Å²) in [6.07, 6.45) is 12.6. The van der Waals surface area contributed by atoms with Crippen molar-refractivity contribution in [2.45, 2.75) is 114 Å². The van der Waals surface area contributed by atoms with Crippen LogP contribution in [-0.4, -0.2) is 35.5 Å². The van der Waals surface area contributed by atoms with E-state index in [0.29, 0.717) is 6.04 Å². The SMILES string of the molecule is C=CC.CCC(C)C.CCCN1C=C(CC)C=C(C)C1C.Cc1ccc(CN2CCC(C)CC2)c(F)c1. The van der Waals surface area contributed by atoms with Gasteiger partial charge in [-0.1, -0.05) is 77.8 Å². The van der Waals surface area contributed by atoms with Gasteiger partial charge in [-0.25, -0.2) is 4.39 Å². The minimum atomic E-state index is -0.0568. The lowest BCUT2D eigenvalue weighted by molar-refractivity contribution is 0.183. The molecular formula is C34H59FN2. The van der Waals surface area contributed by atoms with Crippen molar-refractivity contribution in [3.8, 4) is 0 Å². The van der Waals surface area contributed by atoms with E-state index in [9.17, 15) is 4.39 Å². The maximum Gasteiger partial charge on any atom is 0.127 e. The number of halogens is 1. The van der Waals surface area contributed by atoms with Gasteiger partial charge in [-0.2, -0.15) is 0 Å². The van der Waals surface area contributed by atoms with Gasteiger partial charge in [0.2, 0.25) is 0 Å². The van der Waals surface area contributed by atoms with Crippen LogP contribution in [0, 0.1) is 24.6 Å². The standard InChI is InChI=1S/C14H20FN.C12H21N.C5H12.C3H6/c1-11-5-7-16(8-6-11)10-13-4-3-12(2)9-14(13)15;1-5-7-13-9-12(6-2)8-10(3)11(13)4;1-4-5(2)3;1-3-2/h3-4,9,11H,5-8,10H2,1-2H3;8-9,11H,5-7H2,1-4H3;5H,4H2,1-3H3;3H,1H2,2H3. The molecule has 0 amide bonds. The molecule has 0 N–H and O–H groups in total. The zero-order valence-corrected chi connectivity index (χ0v) is 26.0. The van der Waals surface area contributed by atoms with Crippen LogP contribution >= 0.6 is 0 Å². The summed E-state index contributed by atoms with van der Waals surface area (Å²) in [4.78, 5) is 4.81. The number of benzene rings is 1. The first kappa shape index (κ1) is 35.1. The fraction of sp³-hybridized carbons (Fsp3) is 0.647. The van der Waals surface area contributed by atoms with Crippen LogP contribution in [0.5, 0.6) is 0 Å². The Labute approximate surface area is 230 Å². The summed E-state index contributed by atoms with van der Waals surface area (Å²) < 4.78 is 13.7. The van der Waals surface area contributed by atoms with Gasteiger partial charge < -0.3 is 4.90 Å². The highest BCUT2D eigenvalue weighted by atomic mass is 19.1. The number of hydrogen-bond donors (Lipinski definition) is 0. The fourth-order valence-corrected chi connectivity index (χ4v) is 3.99. The van der Waals surface area contributed by atoms with Crippen molar-refractivity contribution < 1.29 is 4.39 Å². The maximum absolute atomic E-state index is 13.7. The monoisotopic (exact) mass is 514 g/mol. The molecule has 1 atom stereocenters. The van der Waals surface area contributed by atoms with E-state index in [4.69, 9.17) is 0 Å². The van der Waals surface area contributed by atoms with Gasteiger partial charge in [0, 0.05) is 30.9 Å². The molecule has 0 bridgehead atoms. The third-order valence-corrected chi connectivity index (χ3v) is 7.09. The predicted molar refractivity (Wildman–Crippen MR) is 164 cm³/mol. The molecule has 1 saturated heterocycles. The van der Waals surface area contributed by atoms with E-state index >= 15 is 0 Å². The molecule has 1 fully saturated rings. The first-order valence-corrected chi connectivity index (χ1v) is 14.7. The van der Waals surface area contributed by atoms with Gasteiger partial charge in [0.1, 0.15) is 5.82 Å². The van der Waals surface area contributed by atoms with Crippen molar-refractivity contribution in [2.75, 3.05) is 19.6 Å². The van der Waals surface area contributed by atoms with Crippen molar-refractivity contribution >= 4 is 0 Å². The Morgan fingerprint density at radius 2 is 1.65 bits per heavy atom. The Morgan fingerprint density at radius 3 is 2.11 bits per heavy atom. The highest BCUT2D eigenvalue weighted by molar-refractivity contribution is 5.29. The van der Waals surface area contributed by atoms with Gasteiger partial charge in [-0.15, -0.1) is 6.58 Å². The van der Waals surface area contributed by atoms with E-state index in [1.165, 1.54) is 43.4 Å². The van der Waals surface area contributed by atoms with Crippen molar-refractivity contribution in [1.29, 1.82) is 0 Å². The molecule has 2 aliphatic heterocycles. The summed E-state index contributed by atoms with van der Waals surface area (Å²) in [5.74, 6) is 1.66. The van der Waals surface area contributed by atoms with Crippen LogP contribution in [0.1, 0.15) is 106 Å². The Bertz CT molecular complexity index is 800. The van der Waals surface area contributed by atoms with Crippen LogP contribution in [0.15, 0.2) is 54.3 Å². The second-order valence-electron chi connectivity index (χ2n) is 11.1. The smallest absolute Gasteiger partial charge is 0.127 e. The summed E-state index contributed by atoms with van der Waals surface area (Å²) in [6, 6.07) is 6.13. The molecule has 2 aliphatic rings. The van der Waals surface area contributed by atoms with Crippen LogP contribution < -0.4 is 0 Å². The van der Waals surface area contributed by atoms with E-state index in [0.717, 1.165) is 49.0 Å². The molecule has 0 saturated carbocycles. The van der Waals surface area contributed by atoms with Crippen molar-refractivity contribution in [3.05, 3.63) is 71.2 Å². The third kappa shape index (κ3) is 15.2. The molecule has 0 radical (unpaired) electrons. The number of nitrogens with zero attached hydrogens (tertiary/aromatic N) is 2. The molecule has 1 unspecified atom stereocenters. The molecule has 0 spiro atoms. The zero-order valence-electron chi connectivity index (χ0n) is 26.0. The first-order chi connectivity index (χ1) is 17.5. The summed E-state index contributed by atoms with van der Waals surface area (Å²) >= 11 is 0. The zero-order chi connectivity index (χ0) is 28.4. The van der Waals surface area contributed by atoms with E-state index in [1.807, 2.05) is 26.0 Å². The minimum absolute atomic E-state index is 0.0568. The molecule has 1 aromatic carbocycles. The van der Waals surface area contributed by atoms with E-state index in [-0.39, 0.29) is 5.82 Å². The Kier molecular flexibility index (Phi) is 19.1. The molecule has 3 heteroatoms. The number of rotatable bonds is 6. The lowest BCUT2D eigenvalue weighted by atomic mass is 9.99. The average molecular weight is 515 g/mol. The number of likely N-dealkylation sites (tertiary alicyclic amines) is 1. The fourth-order valence-electron chi connectivity index (χ4n) is 3.99. The van der Waals surface area contributed by atoms with Gasteiger partial charge >= 0.3 is 0 Å². The molecule has 0 aromatic heterocycles. The molecule has 2 nitrogen and oxygen atoms in total. The van der Waals surface area contributed by atoms with E-state index in [1.54, 1.807) is 12.1 Å². The normalized spacial score (nSPS) is 17.8. The lowest BCUT2D eigenvalue weighted by Gasteiger charge is -2.32. The minimum Gasteiger partial charge on any atom is -0.371 e. The van der Waals surface area contributed by atoms with Crippen molar-refractivity contribution in [1.82, 2.24) is 9.80 Å². The predicted octanol–water partition coefficient (Wildman–Crippen LogP) is 9.95. The van der Waals surface area contributed by atoms with Crippen molar-refractivity contribution in [3.63, 3.8) is 0 Å². The Balaban J connectivity index is 0.000000553. The number of piperidine rings is 1. The summed E-state index contributed by atoms with van der Waals surface area (Å²) in [7, 11) is 0.